The van der Waals surface area contributed by atoms with Crippen LogP contribution in [0.2, 0.25) is 0 Å². The first kappa shape index (κ1) is 15.6. The summed E-state index contributed by atoms with van der Waals surface area (Å²) < 4.78 is 6.43. The van der Waals surface area contributed by atoms with E-state index in [0.29, 0.717) is 24.4 Å². The highest BCUT2D eigenvalue weighted by atomic mass is 16.5. The van der Waals surface area contributed by atoms with E-state index >= 15 is 0 Å². The minimum Gasteiger partial charge on any atom is -0.488 e. The number of aromatic nitrogens is 1. The van der Waals surface area contributed by atoms with Crippen LogP contribution in [0.4, 0.5) is 5.69 Å². The van der Waals surface area contributed by atoms with E-state index < -0.39 is 0 Å². The summed E-state index contributed by atoms with van der Waals surface area (Å²) in [7, 11) is 0. The molecule has 0 radical (unpaired) electrons. The van der Waals surface area contributed by atoms with Gasteiger partial charge in [0.2, 0.25) is 5.91 Å². The number of nitrogens with zero attached hydrogens (tertiary/aromatic N) is 2. The summed E-state index contributed by atoms with van der Waals surface area (Å²) in [5, 5.41) is 2.87. The third-order valence-electron chi connectivity index (χ3n) is 6.74. The summed E-state index contributed by atoms with van der Waals surface area (Å²) in [5.41, 5.74) is 3.92. The van der Waals surface area contributed by atoms with Crippen LogP contribution in [0.15, 0.2) is 36.5 Å². The lowest BCUT2D eigenvalue weighted by Gasteiger charge is -2.55. The number of rotatable bonds is 3. The number of piperidine rings is 3. The van der Waals surface area contributed by atoms with Crippen LogP contribution in [0.5, 0.6) is 5.75 Å². The van der Waals surface area contributed by atoms with Crippen LogP contribution in [0.3, 0.4) is 0 Å². The SMILES string of the molecule is O=C1Cc2cc(-c3ccc(OC4C5CC6CC4CN(C6)C5)cn3)ccc2N1. The van der Waals surface area contributed by atoms with Crippen molar-refractivity contribution in [3.05, 3.63) is 42.1 Å². The number of hydrogen-bond donors (Lipinski definition) is 1. The van der Waals surface area contributed by atoms with Gasteiger partial charge >= 0.3 is 0 Å². The Morgan fingerprint density at radius 1 is 1.07 bits per heavy atom. The van der Waals surface area contributed by atoms with Gasteiger partial charge in [0, 0.05) is 42.7 Å². The maximum Gasteiger partial charge on any atom is 0.228 e. The van der Waals surface area contributed by atoms with Gasteiger partial charge in [-0.2, -0.15) is 0 Å². The molecule has 138 valence electrons. The fourth-order valence-corrected chi connectivity index (χ4v) is 5.72. The topological polar surface area (TPSA) is 54.5 Å². The first-order chi connectivity index (χ1) is 13.2. The van der Waals surface area contributed by atoms with Crippen molar-refractivity contribution < 1.29 is 9.53 Å². The third kappa shape index (κ3) is 2.64. The van der Waals surface area contributed by atoms with Crippen LogP contribution in [-0.4, -0.2) is 41.5 Å². The van der Waals surface area contributed by atoms with E-state index in [2.05, 4.69) is 21.3 Å². The molecule has 5 heteroatoms. The lowest BCUT2D eigenvalue weighted by atomic mass is 9.66. The molecule has 2 aromatic rings. The molecule has 5 nitrogen and oxygen atoms in total. The van der Waals surface area contributed by atoms with Crippen molar-refractivity contribution in [2.45, 2.75) is 25.4 Å². The van der Waals surface area contributed by atoms with Gasteiger partial charge in [0.15, 0.2) is 0 Å². The largest absolute Gasteiger partial charge is 0.488 e. The highest BCUT2D eigenvalue weighted by Crippen LogP contribution is 2.45. The van der Waals surface area contributed by atoms with Crippen molar-refractivity contribution in [3.63, 3.8) is 0 Å². The van der Waals surface area contributed by atoms with Gasteiger partial charge in [-0.3, -0.25) is 9.78 Å². The molecule has 27 heavy (non-hydrogen) atoms. The Bertz CT molecular complexity index is 880. The molecule has 2 atom stereocenters. The van der Waals surface area contributed by atoms with Crippen LogP contribution in [0.1, 0.15) is 18.4 Å². The van der Waals surface area contributed by atoms with E-state index in [9.17, 15) is 4.79 Å². The molecular weight excluding hydrogens is 338 g/mol. The molecule has 1 aromatic carbocycles. The van der Waals surface area contributed by atoms with E-state index in [0.717, 1.165) is 34.2 Å². The number of carbonyl (C=O) groups is 1. The first-order valence-corrected chi connectivity index (χ1v) is 9.99. The molecule has 4 aliphatic heterocycles. The van der Waals surface area contributed by atoms with Crippen molar-refractivity contribution in [1.29, 1.82) is 0 Å². The second-order valence-corrected chi connectivity index (χ2v) is 8.63. The third-order valence-corrected chi connectivity index (χ3v) is 6.74. The van der Waals surface area contributed by atoms with Crippen LogP contribution in [0, 0.1) is 17.8 Å². The lowest BCUT2D eigenvalue weighted by molar-refractivity contribution is -0.115. The van der Waals surface area contributed by atoms with Gasteiger partial charge in [-0.05, 0) is 48.6 Å². The monoisotopic (exact) mass is 361 g/mol. The summed E-state index contributed by atoms with van der Waals surface area (Å²) in [5.74, 6) is 3.19. The molecule has 1 aliphatic carbocycles. The number of ether oxygens (including phenoxy) is 1. The highest BCUT2D eigenvalue weighted by Gasteiger charge is 2.48. The van der Waals surface area contributed by atoms with Gasteiger partial charge < -0.3 is 15.0 Å². The molecule has 5 heterocycles. The highest BCUT2D eigenvalue weighted by molar-refractivity contribution is 5.99. The zero-order chi connectivity index (χ0) is 18.0. The summed E-state index contributed by atoms with van der Waals surface area (Å²) in [6, 6.07) is 10.1. The van der Waals surface area contributed by atoms with E-state index in [1.807, 2.05) is 30.5 Å². The Morgan fingerprint density at radius 3 is 2.67 bits per heavy atom. The molecule has 7 rings (SSSR count). The summed E-state index contributed by atoms with van der Waals surface area (Å²) >= 11 is 0. The van der Waals surface area contributed by atoms with E-state index in [1.165, 1.54) is 32.5 Å². The Balaban J connectivity index is 1.20. The lowest BCUT2D eigenvalue weighted by Crippen LogP contribution is -2.61. The molecule has 0 spiro atoms. The predicted molar refractivity (Wildman–Crippen MR) is 103 cm³/mol. The number of carbonyl (C=O) groups excluding carboxylic acids is 1. The zero-order valence-corrected chi connectivity index (χ0v) is 15.2. The fourth-order valence-electron chi connectivity index (χ4n) is 5.72. The number of benzene rings is 1. The van der Waals surface area contributed by atoms with Crippen molar-refractivity contribution in [2.75, 3.05) is 25.0 Å². The van der Waals surface area contributed by atoms with Gasteiger partial charge in [-0.1, -0.05) is 6.07 Å². The van der Waals surface area contributed by atoms with Crippen LogP contribution in [0.25, 0.3) is 11.3 Å². The minimum atomic E-state index is 0.0610. The molecule has 3 saturated heterocycles. The van der Waals surface area contributed by atoms with Crippen molar-refractivity contribution in [3.8, 4) is 17.0 Å². The summed E-state index contributed by atoms with van der Waals surface area (Å²) in [4.78, 5) is 18.8. The normalized spacial score (nSPS) is 33.0. The average Bonchev–Trinajstić information content (AvgIpc) is 3.04. The molecular formula is C22H23N3O2. The average molecular weight is 361 g/mol. The number of amides is 1. The molecule has 1 aromatic heterocycles. The number of nitrogens with one attached hydrogen (secondary N) is 1. The molecule has 4 bridgehead atoms. The molecule has 5 aliphatic rings. The van der Waals surface area contributed by atoms with E-state index in [4.69, 9.17) is 4.74 Å². The Kier molecular flexibility index (Phi) is 3.36. The summed E-state index contributed by atoms with van der Waals surface area (Å²) in [6.07, 6.45) is 5.31. The first-order valence-electron chi connectivity index (χ1n) is 9.99. The standard InChI is InChI=1S/C22H23N3O2/c26-21-8-15-7-14(1-3-20(15)24-21)19-4-2-18(9-23-19)27-22-16-5-13-6-17(22)12-25(10-13)11-16/h1-4,7,9,13,16-17,22H,5-6,8,10-12H2,(H,24,26). The predicted octanol–water partition coefficient (Wildman–Crippen LogP) is 2.96. The van der Waals surface area contributed by atoms with Crippen molar-refractivity contribution in [1.82, 2.24) is 9.88 Å². The fraction of sp³-hybridized carbons (Fsp3) is 0.455. The molecule has 1 N–H and O–H groups in total. The van der Waals surface area contributed by atoms with Gasteiger partial charge in [0.05, 0.1) is 18.3 Å². The Labute approximate surface area is 158 Å². The smallest absolute Gasteiger partial charge is 0.228 e. The molecule has 1 amide bonds. The maximum atomic E-state index is 11.5. The number of fused-ring (bicyclic) bond motifs is 1. The Hall–Kier alpha value is -2.40. The maximum absolute atomic E-state index is 11.5. The molecule has 4 fully saturated rings. The minimum absolute atomic E-state index is 0.0610. The number of anilines is 1. The van der Waals surface area contributed by atoms with E-state index in [1.54, 1.807) is 0 Å². The number of pyridine rings is 1. The second-order valence-electron chi connectivity index (χ2n) is 8.63. The summed E-state index contributed by atoms with van der Waals surface area (Å²) in [6.45, 7) is 3.70. The van der Waals surface area contributed by atoms with Gasteiger partial charge in [-0.15, -0.1) is 0 Å². The number of hydrogen-bond acceptors (Lipinski definition) is 4. The van der Waals surface area contributed by atoms with Crippen LogP contribution in [-0.2, 0) is 11.2 Å². The van der Waals surface area contributed by atoms with Crippen LogP contribution < -0.4 is 10.1 Å². The molecule has 2 unspecified atom stereocenters. The zero-order valence-electron chi connectivity index (χ0n) is 15.2. The van der Waals surface area contributed by atoms with Crippen molar-refractivity contribution in [2.24, 2.45) is 17.8 Å². The van der Waals surface area contributed by atoms with Gasteiger partial charge in [-0.25, -0.2) is 0 Å². The van der Waals surface area contributed by atoms with E-state index in [-0.39, 0.29) is 5.91 Å². The van der Waals surface area contributed by atoms with Gasteiger partial charge in [0.25, 0.3) is 0 Å². The second kappa shape index (κ2) is 5.80. The quantitative estimate of drug-likeness (QED) is 0.913. The van der Waals surface area contributed by atoms with Crippen LogP contribution >= 0.6 is 0 Å². The van der Waals surface area contributed by atoms with Gasteiger partial charge in [0.1, 0.15) is 11.9 Å². The van der Waals surface area contributed by atoms with Crippen molar-refractivity contribution >= 4 is 11.6 Å². The molecule has 1 saturated carbocycles. The Morgan fingerprint density at radius 2 is 1.93 bits per heavy atom.